The van der Waals surface area contributed by atoms with Crippen molar-refractivity contribution in [1.29, 1.82) is 0 Å². The lowest BCUT2D eigenvalue weighted by Crippen LogP contribution is -2.21. The molecule has 0 aliphatic heterocycles. The third kappa shape index (κ3) is 3.63. The largest absolute Gasteiger partial charge is 0.478 e. The summed E-state index contributed by atoms with van der Waals surface area (Å²) in [5.41, 5.74) is 0.870. The Hall–Kier alpha value is -1.22. The van der Waals surface area contributed by atoms with Crippen molar-refractivity contribution in [1.82, 2.24) is 0 Å². The van der Waals surface area contributed by atoms with E-state index in [9.17, 15) is 4.79 Å². The van der Waals surface area contributed by atoms with Crippen LogP contribution in [0.25, 0.3) is 0 Å². The Morgan fingerprint density at radius 3 is 2.71 bits per heavy atom. The number of unbranched alkanes of at least 4 members (excludes halogenated alkanes) is 2. The summed E-state index contributed by atoms with van der Waals surface area (Å²) < 4.78 is 0. The van der Waals surface area contributed by atoms with E-state index in [-0.39, 0.29) is 10.6 Å². The maximum absolute atomic E-state index is 11.2. The zero-order chi connectivity index (χ0) is 12.8. The molecule has 1 aromatic carbocycles. The van der Waals surface area contributed by atoms with E-state index < -0.39 is 5.97 Å². The van der Waals surface area contributed by atoms with Crippen LogP contribution in [0.5, 0.6) is 0 Å². The molecule has 0 fully saturated rings. The maximum Gasteiger partial charge on any atom is 0.339 e. The number of halogens is 1. The molecule has 0 unspecified atom stereocenters. The van der Waals surface area contributed by atoms with Crippen LogP contribution in [0.2, 0.25) is 5.02 Å². The molecule has 4 heteroatoms. The van der Waals surface area contributed by atoms with Crippen LogP contribution < -0.4 is 4.90 Å². The number of aromatic carboxylic acids is 1. The van der Waals surface area contributed by atoms with E-state index >= 15 is 0 Å². The SMILES string of the molecule is CCCCCN(C)c1cccc(Cl)c1C(=O)O. The summed E-state index contributed by atoms with van der Waals surface area (Å²) in [4.78, 5) is 13.1. The molecule has 0 bridgehead atoms. The van der Waals surface area contributed by atoms with Gasteiger partial charge < -0.3 is 10.0 Å². The van der Waals surface area contributed by atoms with E-state index in [4.69, 9.17) is 16.7 Å². The van der Waals surface area contributed by atoms with E-state index in [1.165, 1.54) is 0 Å². The first-order chi connectivity index (χ1) is 8.07. The molecule has 0 amide bonds. The van der Waals surface area contributed by atoms with Gasteiger partial charge in [0.05, 0.1) is 10.7 Å². The van der Waals surface area contributed by atoms with Crippen molar-refractivity contribution in [2.45, 2.75) is 26.2 Å². The minimum absolute atomic E-state index is 0.188. The molecule has 3 nitrogen and oxygen atoms in total. The second kappa shape index (κ2) is 6.50. The number of carboxylic acids is 1. The lowest BCUT2D eigenvalue weighted by molar-refractivity contribution is 0.0698. The van der Waals surface area contributed by atoms with Crippen molar-refractivity contribution in [3.8, 4) is 0 Å². The van der Waals surface area contributed by atoms with Gasteiger partial charge in [-0.25, -0.2) is 4.79 Å². The fourth-order valence-electron chi connectivity index (χ4n) is 1.76. The van der Waals surface area contributed by atoms with Crippen LogP contribution >= 0.6 is 11.6 Å². The van der Waals surface area contributed by atoms with Gasteiger partial charge in [-0.15, -0.1) is 0 Å². The van der Waals surface area contributed by atoms with E-state index in [1.807, 2.05) is 11.9 Å². The molecule has 0 aliphatic rings. The predicted octanol–water partition coefficient (Wildman–Crippen LogP) is 3.66. The molecule has 0 aliphatic carbocycles. The smallest absolute Gasteiger partial charge is 0.339 e. The Balaban J connectivity index is 2.89. The van der Waals surface area contributed by atoms with Gasteiger partial charge in [0.15, 0.2) is 0 Å². The molecule has 0 radical (unpaired) electrons. The third-order valence-electron chi connectivity index (χ3n) is 2.71. The standard InChI is InChI=1S/C13H18ClNO2/c1-3-4-5-9-15(2)11-8-6-7-10(14)12(11)13(16)17/h6-8H,3-5,9H2,1-2H3,(H,16,17). The Labute approximate surface area is 107 Å². The predicted molar refractivity (Wildman–Crippen MR) is 71.2 cm³/mol. The summed E-state index contributed by atoms with van der Waals surface area (Å²) in [6.07, 6.45) is 3.35. The van der Waals surface area contributed by atoms with Gasteiger partial charge in [-0.3, -0.25) is 0 Å². The minimum atomic E-state index is -0.979. The molecule has 1 aromatic rings. The summed E-state index contributed by atoms with van der Waals surface area (Å²) in [7, 11) is 1.90. The van der Waals surface area contributed by atoms with Crippen molar-refractivity contribution >= 4 is 23.3 Å². The maximum atomic E-state index is 11.2. The van der Waals surface area contributed by atoms with Crippen molar-refractivity contribution in [3.05, 3.63) is 28.8 Å². The Kier molecular flexibility index (Phi) is 5.29. The number of nitrogens with zero attached hydrogens (tertiary/aromatic N) is 1. The molecular formula is C13H18ClNO2. The molecule has 94 valence electrons. The highest BCUT2D eigenvalue weighted by molar-refractivity contribution is 6.34. The average molecular weight is 256 g/mol. The number of carbonyl (C=O) groups is 1. The fraction of sp³-hybridized carbons (Fsp3) is 0.462. The van der Waals surface area contributed by atoms with Crippen LogP contribution in [0, 0.1) is 0 Å². The van der Waals surface area contributed by atoms with Gasteiger partial charge in [0, 0.05) is 13.6 Å². The molecule has 0 heterocycles. The van der Waals surface area contributed by atoms with Gasteiger partial charge in [-0.1, -0.05) is 37.4 Å². The summed E-state index contributed by atoms with van der Waals surface area (Å²) in [6.45, 7) is 2.98. The normalized spacial score (nSPS) is 10.3. The van der Waals surface area contributed by atoms with Crippen LogP contribution in [-0.2, 0) is 0 Å². The lowest BCUT2D eigenvalue weighted by atomic mass is 10.1. The van der Waals surface area contributed by atoms with E-state index in [1.54, 1.807) is 18.2 Å². The lowest BCUT2D eigenvalue weighted by Gasteiger charge is -2.21. The second-order valence-electron chi connectivity index (χ2n) is 4.07. The van der Waals surface area contributed by atoms with Crippen LogP contribution in [0.15, 0.2) is 18.2 Å². The number of anilines is 1. The molecule has 0 atom stereocenters. The average Bonchev–Trinajstić information content (AvgIpc) is 2.28. The number of hydrogen-bond acceptors (Lipinski definition) is 2. The molecular weight excluding hydrogens is 238 g/mol. The first kappa shape index (κ1) is 13.8. The van der Waals surface area contributed by atoms with Crippen LogP contribution in [0.4, 0.5) is 5.69 Å². The quantitative estimate of drug-likeness (QED) is 0.789. The molecule has 1 N–H and O–H groups in total. The third-order valence-corrected chi connectivity index (χ3v) is 3.03. The first-order valence-electron chi connectivity index (χ1n) is 5.80. The number of rotatable bonds is 6. The topological polar surface area (TPSA) is 40.5 Å². The summed E-state index contributed by atoms with van der Waals surface area (Å²) >= 11 is 5.92. The number of hydrogen-bond donors (Lipinski definition) is 1. The Morgan fingerprint density at radius 2 is 2.12 bits per heavy atom. The van der Waals surface area contributed by atoms with Crippen molar-refractivity contribution in [3.63, 3.8) is 0 Å². The zero-order valence-electron chi connectivity index (χ0n) is 10.2. The van der Waals surface area contributed by atoms with Crippen LogP contribution in [0.1, 0.15) is 36.5 Å². The highest BCUT2D eigenvalue weighted by atomic mass is 35.5. The van der Waals surface area contributed by atoms with Crippen LogP contribution in [-0.4, -0.2) is 24.7 Å². The highest BCUT2D eigenvalue weighted by Crippen LogP contribution is 2.27. The van der Waals surface area contributed by atoms with Crippen molar-refractivity contribution in [2.24, 2.45) is 0 Å². The molecule has 17 heavy (non-hydrogen) atoms. The highest BCUT2D eigenvalue weighted by Gasteiger charge is 2.16. The zero-order valence-corrected chi connectivity index (χ0v) is 11.0. The van der Waals surface area contributed by atoms with Crippen molar-refractivity contribution < 1.29 is 9.90 Å². The molecule has 0 saturated heterocycles. The second-order valence-corrected chi connectivity index (χ2v) is 4.47. The van der Waals surface area contributed by atoms with Gasteiger partial charge in [0.2, 0.25) is 0 Å². The van der Waals surface area contributed by atoms with Crippen LogP contribution in [0.3, 0.4) is 0 Å². The molecule has 0 spiro atoms. The number of carboxylic acid groups (broad SMARTS) is 1. The fourth-order valence-corrected chi connectivity index (χ4v) is 2.01. The Morgan fingerprint density at radius 1 is 1.41 bits per heavy atom. The van der Waals surface area contributed by atoms with Gasteiger partial charge in [-0.2, -0.15) is 0 Å². The van der Waals surface area contributed by atoms with Gasteiger partial charge in [0.1, 0.15) is 5.56 Å². The molecule has 1 rings (SSSR count). The van der Waals surface area contributed by atoms with Gasteiger partial charge in [-0.05, 0) is 18.6 Å². The van der Waals surface area contributed by atoms with E-state index in [2.05, 4.69) is 6.92 Å². The first-order valence-corrected chi connectivity index (χ1v) is 6.18. The Bertz CT molecular complexity index is 393. The van der Waals surface area contributed by atoms with E-state index in [0.29, 0.717) is 5.69 Å². The summed E-state index contributed by atoms with van der Waals surface area (Å²) in [5, 5.41) is 9.45. The summed E-state index contributed by atoms with van der Waals surface area (Å²) in [6, 6.07) is 5.18. The summed E-state index contributed by atoms with van der Waals surface area (Å²) in [5.74, 6) is -0.979. The van der Waals surface area contributed by atoms with Gasteiger partial charge in [0.25, 0.3) is 0 Å². The molecule has 0 aromatic heterocycles. The van der Waals surface area contributed by atoms with E-state index in [0.717, 1.165) is 25.8 Å². The van der Waals surface area contributed by atoms with Gasteiger partial charge >= 0.3 is 5.97 Å². The van der Waals surface area contributed by atoms with Crippen molar-refractivity contribution in [2.75, 3.05) is 18.5 Å². The molecule has 0 saturated carbocycles. The monoisotopic (exact) mass is 255 g/mol. The minimum Gasteiger partial charge on any atom is -0.478 e. The number of benzene rings is 1.